The minimum absolute atomic E-state index is 0.0755. The van der Waals surface area contributed by atoms with Crippen LogP contribution >= 0.6 is 12.2 Å². The van der Waals surface area contributed by atoms with Crippen molar-refractivity contribution >= 4 is 46.5 Å². The second-order valence-electron chi connectivity index (χ2n) is 7.74. The van der Waals surface area contributed by atoms with Crippen molar-refractivity contribution < 1.29 is 19.1 Å². The van der Waals surface area contributed by atoms with Crippen molar-refractivity contribution in [3.05, 3.63) is 96.1 Å². The minimum atomic E-state index is -0.748. The number of nitrogens with zero attached hydrogens (tertiary/aromatic N) is 2. The number of hydrogen-bond donors (Lipinski definition) is 1. The van der Waals surface area contributed by atoms with Crippen LogP contribution in [0.25, 0.3) is 0 Å². The van der Waals surface area contributed by atoms with Crippen LogP contribution in [0.3, 0.4) is 0 Å². The number of para-hydroxylation sites is 1. The van der Waals surface area contributed by atoms with Crippen LogP contribution in [0.15, 0.2) is 84.9 Å². The Kier molecular flexibility index (Phi) is 6.98. The van der Waals surface area contributed by atoms with E-state index in [1.54, 1.807) is 29.2 Å². The van der Waals surface area contributed by atoms with Crippen LogP contribution in [0.4, 0.5) is 11.4 Å². The van der Waals surface area contributed by atoms with Gasteiger partial charge in [0.15, 0.2) is 5.11 Å². The Hall–Kier alpha value is -4.04. The molecule has 3 aromatic rings. The number of ether oxygens (including phenoxy) is 1. The number of hydrogen-bond acceptors (Lipinski definition) is 5. The van der Waals surface area contributed by atoms with Crippen LogP contribution < -0.4 is 10.2 Å². The molecule has 7 nitrogen and oxygen atoms in total. The highest BCUT2D eigenvalue weighted by Crippen LogP contribution is 2.28. The standard InChI is InChI=1S/C26H23N3O4S/c1-33-25(32)19-12-14-20(15-13-19)27-23(30)16-22-24(31)29(21-10-6-3-7-11-21)26(34)28(22)17-18-8-4-2-5-9-18/h2-15,22H,16-17H2,1H3,(H,27,30)/t22-/m1/s1. The number of benzene rings is 3. The van der Waals surface area contributed by atoms with Gasteiger partial charge in [0.05, 0.1) is 24.8 Å². The fourth-order valence-electron chi connectivity index (χ4n) is 3.80. The van der Waals surface area contributed by atoms with Gasteiger partial charge >= 0.3 is 5.97 Å². The number of carbonyl (C=O) groups is 3. The summed E-state index contributed by atoms with van der Waals surface area (Å²) in [4.78, 5) is 41.2. The van der Waals surface area contributed by atoms with Gasteiger partial charge in [0, 0.05) is 12.2 Å². The van der Waals surface area contributed by atoms with Gasteiger partial charge in [-0.05, 0) is 54.2 Å². The zero-order chi connectivity index (χ0) is 24.1. The van der Waals surface area contributed by atoms with Crippen molar-refractivity contribution in [2.24, 2.45) is 0 Å². The molecule has 1 aliphatic rings. The average Bonchev–Trinajstić information content (AvgIpc) is 3.09. The lowest BCUT2D eigenvalue weighted by Crippen LogP contribution is -2.37. The van der Waals surface area contributed by atoms with E-state index in [-0.39, 0.29) is 18.2 Å². The summed E-state index contributed by atoms with van der Waals surface area (Å²) in [6.07, 6.45) is -0.0755. The number of thiocarbonyl (C=S) groups is 1. The molecule has 0 radical (unpaired) electrons. The molecule has 0 unspecified atom stereocenters. The highest BCUT2D eigenvalue weighted by Gasteiger charge is 2.44. The second kappa shape index (κ2) is 10.3. The Balaban J connectivity index is 1.54. The van der Waals surface area contributed by atoms with Crippen LogP contribution in [-0.4, -0.2) is 40.9 Å². The SMILES string of the molecule is COC(=O)c1ccc(NC(=O)C[C@@H]2C(=O)N(c3ccccc3)C(=S)N2Cc2ccccc2)cc1. The Bertz CT molecular complexity index is 1200. The summed E-state index contributed by atoms with van der Waals surface area (Å²) in [5.41, 5.74) is 2.54. The molecule has 0 aromatic heterocycles. The highest BCUT2D eigenvalue weighted by molar-refractivity contribution is 7.80. The molecule has 8 heteroatoms. The Morgan fingerprint density at radius 1 is 0.941 bits per heavy atom. The van der Waals surface area contributed by atoms with Crippen molar-refractivity contribution in [2.75, 3.05) is 17.3 Å². The lowest BCUT2D eigenvalue weighted by molar-refractivity contribution is -0.124. The van der Waals surface area contributed by atoms with Crippen LogP contribution in [0, 0.1) is 0 Å². The lowest BCUT2D eigenvalue weighted by Gasteiger charge is -2.24. The van der Waals surface area contributed by atoms with Gasteiger partial charge in [-0.2, -0.15) is 0 Å². The first-order valence-electron chi connectivity index (χ1n) is 10.7. The predicted molar refractivity (Wildman–Crippen MR) is 133 cm³/mol. The van der Waals surface area contributed by atoms with E-state index in [1.807, 2.05) is 60.7 Å². The maximum atomic E-state index is 13.4. The summed E-state index contributed by atoms with van der Waals surface area (Å²) < 4.78 is 4.69. The quantitative estimate of drug-likeness (QED) is 0.413. The molecule has 4 rings (SSSR count). The monoisotopic (exact) mass is 473 g/mol. The van der Waals surface area contributed by atoms with E-state index in [2.05, 4.69) is 10.1 Å². The summed E-state index contributed by atoms with van der Waals surface area (Å²) in [6.45, 7) is 0.403. The molecule has 0 bridgehead atoms. The number of anilines is 2. The molecule has 1 aliphatic heterocycles. The average molecular weight is 474 g/mol. The van der Waals surface area contributed by atoms with E-state index in [4.69, 9.17) is 12.2 Å². The van der Waals surface area contributed by atoms with E-state index < -0.39 is 12.0 Å². The molecule has 1 atom stereocenters. The third-order valence-corrected chi connectivity index (χ3v) is 5.91. The summed E-state index contributed by atoms with van der Waals surface area (Å²) in [6, 6.07) is 24.5. The molecule has 0 spiro atoms. The van der Waals surface area contributed by atoms with Crippen molar-refractivity contribution in [3.8, 4) is 0 Å². The molecule has 1 heterocycles. The first-order chi connectivity index (χ1) is 16.5. The topological polar surface area (TPSA) is 78.9 Å². The fourth-order valence-corrected chi connectivity index (χ4v) is 4.19. The molecule has 34 heavy (non-hydrogen) atoms. The van der Waals surface area contributed by atoms with Crippen LogP contribution in [0.5, 0.6) is 0 Å². The number of methoxy groups -OCH3 is 1. The van der Waals surface area contributed by atoms with Gasteiger partial charge < -0.3 is 15.0 Å². The minimum Gasteiger partial charge on any atom is -0.465 e. The highest BCUT2D eigenvalue weighted by atomic mass is 32.1. The maximum Gasteiger partial charge on any atom is 0.337 e. The van der Waals surface area contributed by atoms with E-state index in [0.717, 1.165) is 5.56 Å². The van der Waals surface area contributed by atoms with Crippen molar-refractivity contribution in [1.29, 1.82) is 0 Å². The van der Waals surface area contributed by atoms with Gasteiger partial charge in [0.2, 0.25) is 5.91 Å². The van der Waals surface area contributed by atoms with Crippen molar-refractivity contribution in [1.82, 2.24) is 4.90 Å². The Morgan fingerprint density at radius 2 is 1.56 bits per heavy atom. The summed E-state index contributed by atoms with van der Waals surface area (Å²) >= 11 is 5.69. The van der Waals surface area contributed by atoms with Gasteiger partial charge in [-0.1, -0.05) is 48.5 Å². The molecular weight excluding hydrogens is 450 g/mol. The van der Waals surface area contributed by atoms with Crippen LogP contribution in [0.1, 0.15) is 22.3 Å². The normalized spacial score (nSPS) is 15.4. The molecule has 1 fully saturated rings. The van der Waals surface area contributed by atoms with Gasteiger partial charge in [-0.25, -0.2) is 4.79 Å². The van der Waals surface area contributed by atoms with E-state index in [9.17, 15) is 14.4 Å². The zero-order valence-corrected chi connectivity index (χ0v) is 19.3. The van der Waals surface area contributed by atoms with Crippen molar-refractivity contribution in [2.45, 2.75) is 19.0 Å². The molecular formula is C26H23N3O4S. The van der Waals surface area contributed by atoms with Gasteiger partial charge in [0.25, 0.3) is 5.91 Å². The van der Waals surface area contributed by atoms with E-state index in [0.29, 0.717) is 28.6 Å². The summed E-state index contributed by atoms with van der Waals surface area (Å²) in [7, 11) is 1.31. The van der Waals surface area contributed by atoms with Gasteiger partial charge in [0.1, 0.15) is 6.04 Å². The molecule has 1 N–H and O–H groups in total. The third kappa shape index (κ3) is 4.97. The molecule has 0 aliphatic carbocycles. The number of carbonyl (C=O) groups excluding carboxylic acids is 3. The van der Waals surface area contributed by atoms with Crippen LogP contribution in [-0.2, 0) is 20.9 Å². The van der Waals surface area contributed by atoms with Crippen molar-refractivity contribution in [3.63, 3.8) is 0 Å². The molecule has 1 saturated heterocycles. The van der Waals surface area contributed by atoms with Gasteiger partial charge in [-0.15, -0.1) is 0 Å². The number of esters is 1. The summed E-state index contributed by atoms with van der Waals surface area (Å²) in [5.74, 6) is -1.04. The maximum absolute atomic E-state index is 13.4. The molecule has 3 aromatic carbocycles. The first kappa shape index (κ1) is 23.1. The fraction of sp³-hybridized carbons (Fsp3) is 0.154. The predicted octanol–water partition coefficient (Wildman–Crippen LogP) is 4.00. The Labute approximate surface area is 202 Å². The Morgan fingerprint density at radius 3 is 2.18 bits per heavy atom. The number of rotatable bonds is 7. The molecule has 172 valence electrons. The lowest BCUT2D eigenvalue weighted by atomic mass is 10.1. The third-order valence-electron chi connectivity index (χ3n) is 5.50. The smallest absolute Gasteiger partial charge is 0.337 e. The van der Waals surface area contributed by atoms with Crippen LogP contribution in [0.2, 0.25) is 0 Å². The molecule has 0 saturated carbocycles. The van der Waals surface area contributed by atoms with Gasteiger partial charge in [-0.3, -0.25) is 14.5 Å². The largest absolute Gasteiger partial charge is 0.465 e. The van der Waals surface area contributed by atoms with E-state index >= 15 is 0 Å². The number of nitrogens with one attached hydrogen (secondary N) is 1. The molecule has 2 amide bonds. The second-order valence-corrected chi connectivity index (χ2v) is 8.11. The first-order valence-corrected chi connectivity index (χ1v) is 11.1. The van der Waals surface area contributed by atoms with E-state index in [1.165, 1.54) is 12.0 Å². The summed E-state index contributed by atoms with van der Waals surface area (Å²) in [5, 5.41) is 3.16. The zero-order valence-electron chi connectivity index (χ0n) is 18.5. The number of amides is 2.